The molecule has 0 aromatic rings. The zero-order valence-corrected chi connectivity index (χ0v) is 10.2. The molecule has 1 aliphatic heterocycles. The molecule has 2 amide bonds. The van der Waals surface area contributed by atoms with Gasteiger partial charge in [-0.05, 0) is 5.41 Å². The highest BCUT2D eigenvalue weighted by atomic mass is 16.5. The molecule has 0 saturated carbocycles. The maximum atomic E-state index is 11.8. The number of hydrogen-bond donors (Lipinski definition) is 1. The van der Waals surface area contributed by atoms with Crippen molar-refractivity contribution in [3.05, 3.63) is 0 Å². The summed E-state index contributed by atoms with van der Waals surface area (Å²) in [6.45, 7) is 4.45. The first-order chi connectivity index (χ1) is 7.35. The smallest absolute Gasteiger partial charge is 0.229 e. The number of nitrogens with zero attached hydrogens (tertiary/aromatic N) is 1. The van der Waals surface area contributed by atoms with Gasteiger partial charge in [0.2, 0.25) is 11.8 Å². The Morgan fingerprint density at radius 2 is 1.88 bits per heavy atom. The van der Waals surface area contributed by atoms with E-state index in [4.69, 9.17) is 10.5 Å². The lowest BCUT2D eigenvalue weighted by Crippen LogP contribution is -2.51. The van der Waals surface area contributed by atoms with E-state index in [1.54, 1.807) is 7.11 Å². The van der Waals surface area contributed by atoms with Gasteiger partial charge < -0.3 is 10.5 Å². The lowest BCUT2D eigenvalue weighted by molar-refractivity contribution is -0.152. The first-order valence-corrected chi connectivity index (χ1v) is 5.43. The van der Waals surface area contributed by atoms with Crippen LogP contribution in [0.1, 0.15) is 26.7 Å². The van der Waals surface area contributed by atoms with Gasteiger partial charge in [0.05, 0.1) is 6.61 Å². The van der Waals surface area contributed by atoms with Crippen LogP contribution in [0.15, 0.2) is 0 Å². The highest BCUT2D eigenvalue weighted by Gasteiger charge is 2.37. The molecule has 1 unspecified atom stereocenters. The van der Waals surface area contributed by atoms with Crippen LogP contribution in [-0.2, 0) is 14.3 Å². The fourth-order valence-electron chi connectivity index (χ4n) is 1.92. The number of carbonyl (C=O) groups excluding carboxylic acids is 2. The number of carbonyl (C=O) groups is 2. The Labute approximate surface area is 95.9 Å². The van der Waals surface area contributed by atoms with Crippen molar-refractivity contribution in [2.45, 2.75) is 32.7 Å². The lowest BCUT2D eigenvalue weighted by Gasteiger charge is -2.35. The largest absolute Gasteiger partial charge is 0.383 e. The van der Waals surface area contributed by atoms with Gasteiger partial charge in [0.25, 0.3) is 0 Å². The van der Waals surface area contributed by atoms with Crippen molar-refractivity contribution in [1.82, 2.24) is 4.90 Å². The molecule has 0 spiro atoms. The van der Waals surface area contributed by atoms with Crippen molar-refractivity contribution in [2.24, 2.45) is 11.1 Å². The average molecular weight is 228 g/mol. The molecular formula is C11H20N2O3. The van der Waals surface area contributed by atoms with Gasteiger partial charge in [0, 0.05) is 32.5 Å². The highest BCUT2D eigenvalue weighted by Crippen LogP contribution is 2.31. The monoisotopic (exact) mass is 228 g/mol. The summed E-state index contributed by atoms with van der Waals surface area (Å²) in [6.07, 6.45) is 0.802. The van der Waals surface area contributed by atoms with E-state index in [0.717, 1.165) is 0 Å². The van der Waals surface area contributed by atoms with E-state index in [1.807, 2.05) is 13.8 Å². The molecule has 2 N–H and O–H groups in total. The number of rotatable bonds is 4. The molecule has 0 aliphatic carbocycles. The summed E-state index contributed by atoms with van der Waals surface area (Å²) in [5.74, 6) is -0.263. The van der Waals surface area contributed by atoms with Crippen molar-refractivity contribution < 1.29 is 14.3 Å². The summed E-state index contributed by atoms with van der Waals surface area (Å²) in [4.78, 5) is 24.8. The van der Waals surface area contributed by atoms with Crippen LogP contribution >= 0.6 is 0 Å². The summed E-state index contributed by atoms with van der Waals surface area (Å²) in [5, 5.41) is 0. The number of piperidine rings is 1. The Kier molecular flexibility index (Phi) is 4.04. The van der Waals surface area contributed by atoms with Gasteiger partial charge in [-0.25, -0.2) is 0 Å². The maximum absolute atomic E-state index is 11.8. The van der Waals surface area contributed by atoms with E-state index in [1.165, 1.54) is 4.90 Å². The van der Waals surface area contributed by atoms with Gasteiger partial charge >= 0.3 is 0 Å². The molecule has 0 radical (unpaired) electrons. The Bertz CT molecular complexity index is 269. The molecule has 0 aromatic heterocycles. The fraction of sp³-hybridized carbons (Fsp3) is 0.818. The average Bonchev–Trinajstić information content (AvgIpc) is 2.10. The van der Waals surface area contributed by atoms with E-state index < -0.39 is 0 Å². The second kappa shape index (κ2) is 4.93. The molecule has 1 fully saturated rings. The van der Waals surface area contributed by atoms with Gasteiger partial charge in [-0.1, -0.05) is 13.8 Å². The Morgan fingerprint density at radius 3 is 2.31 bits per heavy atom. The van der Waals surface area contributed by atoms with Crippen molar-refractivity contribution in [3.8, 4) is 0 Å². The lowest BCUT2D eigenvalue weighted by atomic mass is 9.81. The van der Waals surface area contributed by atoms with Crippen molar-refractivity contribution in [1.29, 1.82) is 0 Å². The van der Waals surface area contributed by atoms with Crippen LogP contribution in [0.5, 0.6) is 0 Å². The third-order valence-electron chi connectivity index (χ3n) is 2.66. The number of hydrogen-bond acceptors (Lipinski definition) is 4. The number of ether oxygens (including phenoxy) is 1. The minimum absolute atomic E-state index is 0.132. The molecule has 5 nitrogen and oxygen atoms in total. The molecular weight excluding hydrogens is 208 g/mol. The van der Waals surface area contributed by atoms with Gasteiger partial charge in [0.15, 0.2) is 0 Å². The molecule has 1 aliphatic rings. The third kappa shape index (κ3) is 3.28. The number of nitrogens with two attached hydrogens (primary N) is 1. The predicted octanol–water partition coefficient (Wildman–Crippen LogP) is 0.135. The van der Waals surface area contributed by atoms with Crippen molar-refractivity contribution >= 4 is 11.8 Å². The third-order valence-corrected chi connectivity index (χ3v) is 2.66. The predicted molar refractivity (Wildman–Crippen MR) is 59.6 cm³/mol. The van der Waals surface area contributed by atoms with Crippen LogP contribution in [0, 0.1) is 5.41 Å². The standard InChI is InChI=1S/C11H20N2O3/c1-11(2)4-9(14)13(10(15)5-11)6-8(12)7-16-3/h8H,4-7,12H2,1-3H3. The molecule has 1 rings (SSSR count). The SMILES string of the molecule is COCC(N)CN1C(=O)CC(C)(C)CC1=O. The van der Waals surface area contributed by atoms with Gasteiger partial charge in [0.1, 0.15) is 0 Å². The molecule has 1 heterocycles. The van der Waals surface area contributed by atoms with Crippen LogP contribution in [0.3, 0.4) is 0 Å². The van der Waals surface area contributed by atoms with E-state index >= 15 is 0 Å². The Morgan fingerprint density at radius 1 is 1.38 bits per heavy atom. The van der Waals surface area contributed by atoms with Crippen molar-refractivity contribution in [2.75, 3.05) is 20.3 Å². The van der Waals surface area contributed by atoms with Crippen LogP contribution in [0.4, 0.5) is 0 Å². The highest BCUT2D eigenvalue weighted by molar-refractivity contribution is 5.98. The summed E-state index contributed by atoms with van der Waals surface area (Å²) in [5.41, 5.74) is 5.51. The first-order valence-electron chi connectivity index (χ1n) is 5.43. The molecule has 0 aromatic carbocycles. The summed E-state index contributed by atoms with van der Waals surface area (Å²) in [6, 6.07) is -0.306. The summed E-state index contributed by atoms with van der Waals surface area (Å²) in [7, 11) is 1.54. The van der Waals surface area contributed by atoms with Crippen LogP contribution in [0.25, 0.3) is 0 Å². The first kappa shape index (κ1) is 13.1. The molecule has 16 heavy (non-hydrogen) atoms. The second-order valence-corrected chi connectivity index (χ2v) is 5.13. The van der Waals surface area contributed by atoms with Crippen LogP contribution < -0.4 is 5.73 Å². The fourth-order valence-corrected chi connectivity index (χ4v) is 1.92. The quantitative estimate of drug-likeness (QED) is 0.694. The Hall–Kier alpha value is -0.940. The zero-order valence-electron chi connectivity index (χ0n) is 10.2. The zero-order chi connectivity index (χ0) is 12.3. The van der Waals surface area contributed by atoms with E-state index in [9.17, 15) is 9.59 Å². The normalized spacial score (nSPS) is 22.4. The number of likely N-dealkylation sites (tertiary alicyclic amines) is 1. The van der Waals surface area contributed by atoms with Gasteiger partial charge in [-0.2, -0.15) is 0 Å². The molecule has 92 valence electrons. The molecule has 5 heteroatoms. The van der Waals surface area contributed by atoms with Crippen LogP contribution in [-0.4, -0.2) is 43.0 Å². The Balaban J connectivity index is 2.61. The van der Waals surface area contributed by atoms with E-state index in [2.05, 4.69) is 0 Å². The number of imide groups is 1. The van der Waals surface area contributed by atoms with E-state index in [0.29, 0.717) is 19.4 Å². The van der Waals surface area contributed by atoms with E-state index in [-0.39, 0.29) is 29.8 Å². The number of methoxy groups -OCH3 is 1. The topological polar surface area (TPSA) is 72.6 Å². The van der Waals surface area contributed by atoms with Gasteiger partial charge in [-0.3, -0.25) is 14.5 Å². The minimum atomic E-state index is -0.306. The summed E-state index contributed by atoms with van der Waals surface area (Å²) >= 11 is 0. The minimum Gasteiger partial charge on any atom is -0.383 e. The van der Waals surface area contributed by atoms with Gasteiger partial charge in [-0.15, -0.1) is 0 Å². The number of amides is 2. The van der Waals surface area contributed by atoms with Crippen molar-refractivity contribution in [3.63, 3.8) is 0 Å². The molecule has 0 bridgehead atoms. The molecule has 1 atom stereocenters. The second-order valence-electron chi connectivity index (χ2n) is 5.13. The molecule has 1 saturated heterocycles. The summed E-state index contributed by atoms with van der Waals surface area (Å²) < 4.78 is 4.88. The maximum Gasteiger partial charge on any atom is 0.229 e. The van der Waals surface area contributed by atoms with Crippen LogP contribution in [0.2, 0.25) is 0 Å².